The van der Waals surface area contributed by atoms with Crippen molar-refractivity contribution in [1.29, 1.82) is 0 Å². The molecule has 0 aromatic carbocycles. The number of β-amino-alcohol motifs (C(OH)–C–C–N with tert-alkyl or cyclic N) is 1. The number of aliphatic imine (C=N–C) groups is 1. The first-order valence-corrected chi connectivity index (χ1v) is 3.95. The Balaban J connectivity index is 2.40. The van der Waals surface area contributed by atoms with E-state index >= 15 is 0 Å². The van der Waals surface area contributed by atoms with Gasteiger partial charge in [-0.2, -0.15) is 5.01 Å². The summed E-state index contributed by atoms with van der Waals surface area (Å²) in [5.41, 5.74) is 1.97. The Morgan fingerprint density at radius 1 is 1.82 bits per heavy atom. The lowest BCUT2D eigenvalue weighted by Crippen LogP contribution is -2.45. The number of rotatable bonds is 2. The van der Waals surface area contributed by atoms with Gasteiger partial charge in [0.15, 0.2) is 5.50 Å². The molecule has 0 amide bonds. The number of nitrogens with one attached hydrogen (secondary N) is 1. The fraction of sp³-hybridized carbons (Fsp3) is 0.833. The quantitative estimate of drug-likeness (QED) is 0.510. The molecule has 11 heavy (non-hydrogen) atoms. The fourth-order valence-electron chi connectivity index (χ4n) is 0.865. The van der Waals surface area contributed by atoms with Gasteiger partial charge < -0.3 is 10.5 Å². The molecule has 0 bridgehead atoms. The first-order valence-electron chi connectivity index (χ1n) is 3.44. The average molecular weight is 175 g/mol. The number of hydrogen-bond donors (Lipinski definition) is 3. The zero-order valence-corrected chi connectivity index (χ0v) is 7.55. The van der Waals surface area contributed by atoms with Crippen molar-refractivity contribution in [2.24, 2.45) is 4.99 Å². The minimum atomic E-state index is -0.721. The monoisotopic (exact) mass is 175 g/mol. The Morgan fingerprint density at radius 2 is 2.45 bits per heavy atom. The van der Waals surface area contributed by atoms with Crippen molar-refractivity contribution in [3.8, 4) is 0 Å². The van der Waals surface area contributed by atoms with Crippen LogP contribution in [0.2, 0.25) is 0 Å². The van der Waals surface area contributed by atoms with E-state index in [4.69, 9.17) is 0 Å². The van der Waals surface area contributed by atoms with Gasteiger partial charge in [0.2, 0.25) is 0 Å². The molecule has 0 saturated carbocycles. The molecule has 0 fully saturated rings. The van der Waals surface area contributed by atoms with Gasteiger partial charge in [0, 0.05) is 6.54 Å². The summed E-state index contributed by atoms with van der Waals surface area (Å²) >= 11 is 4.15. The van der Waals surface area contributed by atoms with E-state index in [1.54, 1.807) is 25.2 Å². The van der Waals surface area contributed by atoms with Crippen molar-refractivity contribution >= 4 is 19.0 Å². The van der Waals surface area contributed by atoms with Gasteiger partial charge in [-0.3, -0.25) is 0 Å². The predicted molar refractivity (Wildman–Crippen MR) is 47.4 cm³/mol. The molecule has 1 atom stereocenters. The van der Waals surface area contributed by atoms with E-state index in [0.717, 1.165) is 0 Å². The lowest BCUT2D eigenvalue weighted by molar-refractivity contribution is 0.0282. The third kappa shape index (κ3) is 2.69. The van der Waals surface area contributed by atoms with Gasteiger partial charge in [0.1, 0.15) is 0 Å². The fourth-order valence-corrected chi connectivity index (χ4v) is 1.08. The third-order valence-electron chi connectivity index (χ3n) is 1.27. The molecule has 0 saturated heterocycles. The van der Waals surface area contributed by atoms with E-state index in [-0.39, 0.29) is 5.50 Å². The van der Waals surface area contributed by atoms with E-state index in [0.29, 0.717) is 6.54 Å². The summed E-state index contributed by atoms with van der Waals surface area (Å²) < 4.78 is 0. The second-order valence-electron chi connectivity index (χ2n) is 3.19. The lowest BCUT2D eigenvalue weighted by Gasteiger charge is -2.26. The molecule has 1 aliphatic rings. The van der Waals surface area contributed by atoms with Crippen LogP contribution in [0.1, 0.15) is 13.8 Å². The summed E-state index contributed by atoms with van der Waals surface area (Å²) in [6.07, 6.45) is 1.57. The molecule has 2 N–H and O–H groups in total. The Morgan fingerprint density at radius 3 is 2.82 bits per heavy atom. The van der Waals surface area contributed by atoms with Gasteiger partial charge in [-0.05, 0) is 13.8 Å². The Kier molecular flexibility index (Phi) is 2.41. The van der Waals surface area contributed by atoms with Crippen molar-refractivity contribution in [2.75, 3.05) is 6.54 Å². The molecule has 0 aliphatic carbocycles. The molecule has 0 aromatic heterocycles. The molecule has 1 heterocycles. The molecule has 0 aromatic rings. The van der Waals surface area contributed by atoms with Crippen LogP contribution >= 0.6 is 12.6 Å². The average Bonchev–Trinajstić information content (AvgIpc) is 2.12. The number of hydrogen-bond acceptors (Lipinski definition) is 5. The summed E-state index contributed by atoms with van der Waals surface area (Å²) in [5, 5.41) is 11.2. The molecule has 1 aliphatic heterocycles. The summed E-state index contributed by atoms with van der Waals surface area (Å²) in [7, 11) is 0. The number of thiol groups is 1. The lowest BCUT2D eigenvalue weighted by atomic mass is 10.1. The zero-order valence-electron chi connectivity index (χ0n) is 6.65. The van der Waals surface area contributed by atoms with Crippen LogP contribution < -0.4 is 5.43 Å². The standard InChI is InChI=1S/C6H13N3OS/c1-6(2,10)3-9-5(11)7-4-8-9/h4-5,10-11H,3H2,1-2H3,(H,7,8). The third-order valence-corrected chi connectivity index (χ3v) is 1.68. The SMILES string of the molecule is CC(C)(O)CN1NC=NC1S. The van der Waals surface area contributed by atoms with Crippen LogP contribution in [0.25, 0.3) is 0 Å². The minimum Gasteiger partial charge on any atom is -0.389 e. The molecule has 5 heteroatoms. The molecule has 4 nitrogen and oxygen atoms in total. The first-order chi connectivity index (χ1) is 4.99. The van der Waals surface area contributed by atoms with Gasteiger partial charge in [-0.15, -0.1) is 12.6 Å². The second-order valence-corrected chi connectivity index (χ2v) is 3.66. The van der Waals surface area contributed by atoms with Crippen LogP contribution in [-0.4, -0.2) is 34.1 Å². The molecule has 1 rings (SSSR count). The Labute approximate surface area is 71.7 Å². The van der Waals surface area contributed by atoms with Crippen LogP contribution in [0.5, 0.6) is 0 Å². The normalized spacial score (nSPS) is 25.6. The van der Waals surface area contributed by atoms with E-state index in [1.807, 2.05) is 0 Å². The van der Waals surface area contributed by atoms with Crippen molar-refractivity contribution < 1.29 is 5.11 Å². The van der Waals surface area contributed by atoms with Crippen molar-refractivity contribution in [3.05, 3.63) is 0 Å². The van der Waals surface area contributed by atoms with E-state index in [9.17, 15) is 5.11 Å². The summed E-state index contributed by atoms with van der Waals surface area (Å²) in [5.74, 6) is 0. The molecule has 64 valence electrons. The second kappa shape index (κ2) is 3.00. The van der Waals surface area contributed by atoms with Crippen LogP contribution in [-0.2, 0) is 0 Å². The molecule has 0 radical (unpaired) electrons. The molecular weight excluding hydrogens is 162 g/mol. The first kappa shape index (κ1) is 8.83. The smallest absolute Gasteiger partial charge is 0.164 e. The number of nitrogens with zero attached hydrogens (tertiary/aromatic N) is 2. The summed E-state index contributed by atoms with van der Waals surface area (Å²) in [4.78, 5) is 3.94. The maximum atomic E-state index is 9.42. The Bertz CT molecular complexity index is 166. The highest BCUT2D eigenvalue weighted by atomic mass is 32.1. The van der Waals surface area contributed by atoms with Gasteiger partial charge >= 0.3 is 0 Å². The number of hydrazine groups is 1. The van der Waals surface area contributed by atoms with Gasteiger partial charge in [-0.25, -0.2) is 4.99 Å². The van der Waals surface area contributed by atoms with E-state index in [2.05, 4.69) is 23.0 Å². The van der Waals surface area contributed by atoms with Crippen LogP contribution in [0.3, 0.4) is 0 Å². The predicted octanol–water partition coefficient (Wildman–Crippen LogP) is -0.181. The van der Waals surface area contributed by atoms with Crippen molar-refractivity contribution in [2.45, 2.75) is 24.9 Å². The highest BCUT2D eigenvalue weighted by Gasteiger charge is 2.24. The van der Waals surface area contributed by atoms with Crippen molar-refractivity contribution in [1.82, 2.24) is 10.4 Å². The van der Waals surface area contributed by atoms with Crippen molar-refractivity contribution in [3.63, 3.8) is 0 Å². The molecule has 0 spiro atoms. The topological polar surface area (TPSA) is 47.9 Å². The maximum absolute atomic E-state index is 9.42. The minimum absolute atomic E-state index is 0.179. The zero-order chi connectivity index (χ0) is 8.48. The summed E-state index contributed by atoms with van der Waals surface area (Å²) in [6, 6.07) is 0. The van der Waals surface area contributed by atoms with Gasteiger partial charge in [0.25, 0.3) is 0 Å². The van der Waals surface area contributed by atoms with Gasteiger partial charge in [-0.1, -0.05) is 0 Å². The van der Waals surface area contributed by atoms with Crippen LogP contribution in [0.15, 0.2) is 4.99 Å². The number of aliphatic hydroxyl groups is 1. The summed E-state index contributed by atoms with van der Waals surface area (Å²) in [6.45, 7) is 3.99. The highest BCUT2D eigenvalue weighted by Crippen LogP contribution is 2.11. The molecular formula is C6H13N3OS. The largest absolute Gasteiger partial charge is 0.389 e. The van der Waals surface area contributed by atoms with Crippen LogP contribution in [0, 0.1) is 0 Å². The maximum Gasteiger partial charge on any atom is 0.164 e. The molecule has 1 unspecified atom stereocenters. The van der Waals surface area contributed by atoms with E-state index in [1.165, 1.54) is 0 Å². The van der Waals surface area contributed by atoms with E-state index < -0.39 is 5.60 Å². The highest BCUT2D eigenvalue weighted by molar-refractivity contribution is 7.80. The van der Waals surface area contributed by atoms with Crippen LogP contribution in [0.4, 0.5) is 0 Å². The van der Waals surface area contributed by atoms with Gasteiger partial charge in [0.05, 0.1) is 11.9 Å². The Hall–Kier alpha value is -0.260.